The average Bonchev–Trinajstić information content (AvgIpc) is 2.64. The Hall–Kier alpha value is -1.35. The molecule has 3 nitrogen and oxygen atoms in total. The molecule has 0 bridgehead atoms. The number of allylic oxidation sites excluding steroid dienone is 6. The van der Waals surface area contributed by atoms with Gasteiger partial charge in [-0.15, -0.1) is 0 Å². The molecule has 0 amide bonds. The highest BCUT2D eigenvalue weighted by atomic mass is 16.5. The van der Waals surface area contributed by atoms with Crippen molar-refractivity contribution in [2.24, 2.45) is 0 Å². The molecule has 0 aliphatic rings. The average molecular weight is 379 g/mol. The summed E-state index contributed by atoms with van der Waals surface area (Å²) in [5, 5.41) is 0. The summed E-state index contributed by atoms with van der Waals surface area (Å²) in [6, 6.07) is 0. The number of rotatable bonds is 18. The SMILES string of the molecule is CC/C=C\C/C=C\C/C=C\CCCCCCCC(=O)OCCCOC(C)C. The fourth-order valence-electron chi connectivity index (χ4n) is 2.52. The van der Waals surface area contributed by atoms with Crippen LogP contribution >= 0.6 is 0 Å². The van der Waals surface area contributed by atoms with Gasteiger partial charge in [0.25, 0.3) is 0 Å². The zero-order chi connectivity index (χ0) is 20.0. The predicted octanol–water partition coefficient (Wildman–Crippen LogP) is 6.93. The first-order valence-electron chi connectivity index (χ1n) is 10.9. The lowest BCUT2D eigenvalue weighted by atomic mass is 10.1. The Balaban J connectivity index is 3.31. The van der Waals surface area contributed by atoms with Crippen molar-refractivity contribution >= 4 is 5.97 Å². The second-order valence-corrected chi connectivity index (χ2v) is 7.09. The molecule has 0 rings (SSSR count). The quantitative estimate of drug-likeness (QED) is 0.147. The summed E-state index contributed by atoms with van der Waals surface area (Å²) in [4.78, 5) is 11.6. The lowest BCUT2D eigenvalue weighted by Crippen LogP contribution is -2.10. The summed E-state index contributed by atoms with van der Waals surface area (Å²) in [5.74, 6) is -0.0688. The minimum atomic E-state index is -0.0688. The van der Waals surface area contributed by atoms with E-state index in [0.29, 0.717) is 19.6 Å². The Kier molecular flexibility index (Phi) is 19.9. The zero-order valence-electron chi connectivity index (χ0n) is 18.0. The molecule has 0 aromatic heterocycles. The standard InChI is InChI=1S/C24H42O3/c1-4-5-6-7-8-9-10-11-12-13-14-15-16-17-18-20-24(25)27-22-19-21-26-23(2)3/h5-6,8-9,11-12,23H,4,7,10,13-22H2,1-3H3/b6-5-,9-8-,12-11-. The van der Waals surface area contributed by atoms with Crippen molar-refractivity contribution < 1.29 is 14.3 Å². The molecular weight excluding hydrogens is 336 g/mol. The van der Waals surface area contributed by atoms with Gasteiger partial charge in [-0.25, -0.2) is 0 Å². The molecule has 0 radical (unpaired) electrons. The summed E-state index contributed by atoms with van der Waals surface area (Å²) in [6.45, 7) is 7.31. The molecule has 0 aromatic carbocycles. The van der Waals surface area contributed by atoms with Crippen LogP contribution in [-0.2, 0) is 14.3 Å². The molecule has 0 aliphatic carbocycles. The first-order valence-corrected chi connectivity index (χ1v) is 10.9. The topological polar surface area (TPSA) is 35.5 Å². The molecule has 0 aliphatic heterocycles. The van der Waals surface area contributed by atoms with Gasteiger partial charge in [0.1, 0.15) is 0 Å². The van der Waals surface area contributed by atoms with Gasteiger partial charge >= 0.3 is 5.97 Å². The van der Waals surface area contributed by atoms with E-state index in [1.165, 1.54) is 19.3 Å². The smallest absolute Gasteiger partial charge is 0.305 e. The van der Waals surface area contributed by atoms with E-state index in [-0.39, 0.29) is 12.1 Å². The van der Waals surface area contributed by atoms with Gasteiger partial charge in [-0.3, -0.25) is 4.79 Å². The highest BCUT2D eigenvalue weighted by Gasteiger charge is 2.02. The molecule has 0 atom stereocenters. The number of esters is 1. The van der Waals surface area contributed by atoms with Crippen LogP contribution in [0.25, 0.3) is 0 Å². The fourth-order valence-corrected chi connectivity index (χ4v) is 2.52. The van der Waals surface area contributed by atoms with Crippen LogP contribution in [0.5, 0.6) is 0 Å². The highest BCUT2D eigenvalue weighted by molar-refractivity contribution is 5.69. The molecule has 27 heavy (non-hydrogen) atoms. The monoisotopic (exact) mass is 378 g/mol. The molecule has 156 valence electrons. The number of unbranched alkanes of at least 4 members (excludes halogenated alkanes) is 5. The number of hydrogen-bond acceptors (Lipinski definition) is 3. The van der Waals surface area contributed by atoms with E-state index >= 15 is 0 Å². The molecule has 0 fully saturated rings. The van der Waals surface area contributed by atoms with Gasteiger partial charge in [0, 0.05) is 12.8 Å². The van der Waals surface area contributed by atoms with Gasteiger partial charge in [0.15, 0.2) is 0 Å². The Morgan fingerprint density at radius 2 is 1.41 bits per heavy atom. The molecule has 0 spiro atoms. The minimum absolute atomic E-state index is 0.0688. The van der Waals surface area contributed by atoms with Crippen LogP contribution in [0.15, 0.2) is 36.5 Å². The second kappa shape index (κ2) is 21.0. The molecular formula is C24H42O3. The number of ether oxygens (including phenoxy) is 2. The van der Waals surface area contributed by atoms with Crippen molar-refractivity contribution in [2.45, 2.75) is 97.5 Å². The Morgan fingerprint density at radius 1 is 0.778 bits per heavy atom. The zero-order valence-corrected chi connectivity index (χ0v) is 18.0. The normalized spacial score (nSPS) is 12.1. The van der Waals surface area contributed by atoms with Crippen molar-refractivity contribution in [3.05, 3.63) is 36.5 Å². The van der Waals surface area contributed by atoms with E-state index in [1.807, 2.05) is 13.8 Å². The summed E-state index contributed by atoms with van der Waals surface area (Å²) >= 11 is 0. The van der Waals surface area contributed by atoms with Gasteiger partial charge in [-0.2, -0.15) is 0 Å². The van der Waals surface area contributed by atoms with Crippen molar-refractivity contribution in [1.82, 2.24) is 0 Å². The number of hydrogen-bond donors (Lipinski definition) is 0. The van der Waals surface area contributed by atoms with Gasteiger partial charge in [0.05, 0.1) is 19.3 Å². The predicted molar refractivity (Wildman–Crippen MR) is 116 cm³/mol. The maximum atomic E-state index is 11.6. The van der Waals surface area contributed by atoms with Crippen molar-refractivity contribution in [3.8, 4) is 0 Å². The van der Waals surface area contributed by atoms with Crippen LogP contribution < -0.4 is 0 Å². The molecule has 0 unspecified atom stereocenters. The summed E-state index contributed by atoms with van der Waals surface area (Å²) in [7, 11) is 0. The van der Waals surface area contributed by atoms with Gasteiger partial charge < -0.3 is 9.47 Å². The van der Waals surface area contributed by atoms with E-state index in [9.17, 15) is 4.79 Å². The lowest BCUT2D eigenvalue weighted by Gasteiger charge is -2.08. The lowest BCUT2D eigenvalue weighted by molar-refractivity contribution is -0.144. The first kappa shape index (κ1) is 25.6. The maximum absolute atomic E-state index is 11.6. The third kappa shape index (κ3) is 22.6. The summed E-state index contributed by atoms with van der Waals surface area (Å²) in [5.41, 5.74) is 0. The molecule has 0 N–H and O–H groups in total. The van der Waals surface area contributed by atoms with E-state index < -0.39 is 0 Å². The van der Waals surface area contributed by atoms with E-state index in [1.54, 1.807) is 0 Å². The van der Waals surface area contributed by atoms with Crippen LogP contribution in [0, 0.1) is 0 Å². The Morgan fingerprint density at radius 3 is 2.11 bits per heavy atom. The first-order chi connectivity index (χ1) is 13.2. The second-order valence-electron chi connectivity index (χ2n) is 7.09. The van der Waals surface area contributed by atoms with Gasteiger partial charge in [-0.05, 0) is 52.4 Å². The van der Waals surface area contributed by atoms with Crippen LogP contribution in [0.2, 0.25) is 0 Å². The van der Waals surface area contributed by atoms with E-state index in [0.717, 1.165) is 44.9 Å². The molecule has 3 heteroatoms. The van der Waals surface area contributed by atoms with Crippen molar-refractivity contribution in [1.29, 1.82) is 0 Å². The van der Waals surface area contributed by atoms with E-state index in [4.69, 9.17) is 9.47 Å². The van der Waals surface area contributed by atoms with Crippen LogP contribution in [0.4, 0.5) is 0 Å². The summed E-state index contributed by atoms with van der Waals surface area (Å²) in [6.07, 6.45) is 25.1. The molecule has 0 heterocycles. The maximum Gasteiger partial charge on any atom is 0.305 e. The fraction of sp³-hybridized carbons (Fsp3) is 0.708. The van der Waals surface area contributed by atoms with Crippen molar-refractivity contribution in [2.75, 3.05) is 13.2 Å². The molecule has 0 saturated carbocycles. The van der Waals surface area contributed by atoms with Gasteiger partial charge in [0.2, 0.25) is 0 Å². The van der Waals surface area contributed by atoms with E-state index in [2.05, 4.69) is 43.4 Å². The van der Waals surface area contributed by atoms with Crippen LogP contribution in [0.3, 0.4) is 0 Å². The Labute approximate surface area is 167 Å². The highest BCUT2D eigenvalue weighted by Crippen LogP contribution is 2.08. The minimum Gasteiger partial charge on any atom is -0.466 e. The van der Waals surface area contributed by atoms with Crippen LogP contribution in [0.1, 0.15) is 91.4 Å². The number of carbonyl (C=O) groups is 1. The third-order valence-electron chi connectivity index (χ3n) is 4.03. The third-order valence-corrected chi connectivity index (χ3v) is 4.03. The molecule has 0 aromatic rings. The number of carbonyl (C=O) groups excluding carboxylic acids is 1. The molecule has 0 saturated heterocycles. The summed E-state index contributed by atoms with van der Waals surface area (Å²) < 4.78 is 10.6. The van der Waals surface area contributed by atoms with Crippen LogP contribution in [-0.4, -0.2) is 25.3 Å². The Bertz CT molecular complexity index is 408. The van der Waals surface area contributed by atoms with Gasteiger partial charge in [-0.1, -0.05) is 62.6 Å². The van der Waals surface area contributed by atoms with Crippen molar-refractivity contribution in [3.63, 3.8) is 0 Å². The largest absolute Gasteiger partial charge is 0.466 e.